The molecule has 1 aliphatic carbocycles. The van der Waals surface area contributed by atoms with Crippen molar-refractivity contribution in [3.05, 3.63) is 12.4 Å². The van der Waals surface area contributed by atoms with Crippen LogP contribution in [0.25, 0.3) is 0 Å². The van der Waals surface area contributed by atoms with E-state index in [1.165, 1.54) is 51.4 Å². The summed E-state index contributed by atoms with van der Waals surface area (Å²) in [5.74, 6) is 2.57. The molecule has 2 fully saturated rings. The lowest BCUT2D eigenvalue weighted by Crippen LogP contribution is -2.30. The molecule has 2 heterocycles. The average Bonchev–Trinajstić information content (AvgIpc) is 3.01. The van der Waals surface area contributed by atoms with Gasteiger partial charge >= 0.3 is 0 Å². The zero-order valence-electron chi connectivity index (χ0n) is 13.1. The Morgan fingerprint density at radius 3 is 2.71 bits per heavy atom. The normalized spacial score (nSPS) is 21.5. The average molecular weight is 291 g/mol. The first-order chi connectivity index (χ1) is 10.4. The van der Waals surface area contributed by atoms with E-state index in [0.717, 1.165) is 37.9 Å². The zero-order valence-corrected chi connectivity index (χ0v) is 13.1. The van der Waals surface area contributed by atoms with E-state index in [1.807, 2.05) is 6.20 Å². The van der Waals surface area contributed by atoms with Gasteiger partial charge < -0.3 is 10.1 Å². The second-order valence-electron chi connectivity index (χ2n) is 6.74. The van der Waals surface area contributed by atoms with E-state index >= 15 is 0 Å². The summed E-state index contributed by atoms with van der Waals surface area (Å²) in [5.41, 5.74) is 0. The Labute approximate surface area is 128 Å². The first kappa shape index (κ1) is 14.9. The summed E-state index contributed by atoms with van der Waals surface area (Å²) in [7, 11) is 0. The van der Waals surface area contributed by atoms with Gasteiger partial charge in [0.15, 0.2) is 5.75 Å². The molecular formula is C17H29N3O. The maximum absolute atomic E-state index is 5.91. The van der Waals surface area contributed by atoms with Gasteiger partial charge in [0.25, 0.3) is 0 Å². The predicted octanol–water partition coefficient (Wildman–Crippen LogP) is 3.23. The van der Waals surface area contributed by atoms with Gasteiger partial charge in [0.05, 0.1) is 19.0 Å². The van der Waals surface area contributed by atoms with Crippen molar-refractivity contribution in [3.8, 4) is 5.75 Å². The molecule has 0 amide bonds. The number of piperidine rings is 1. The lowest BCUT2D eigenvalue weighted by atomic mass is 9.87. The van der Waals surface area contributed by atoms with Crippen molar-refractivity contribution in [1.82, 2.24) is 15.1 Å². The van der Waals surface area contributed by atoms with Crippen LogP contribution < -0.4 is 10.1 Å². The van der Waals surface area contributed by atoms with Crippen LogP contribution >= 0.6 is 0 Å². The molecule has 118 valence electrons. The minimum atomic E-state index is 0.705. The first-order valence-electron chi connectivity index (χ1n) is 8.76. The number of aromatic nitrogens is 2. The minimum absolute atomic E-state index is 0.705. The van der Waals surface area contributed by atoms with Crippen LogP contribution in [-0.4, -0.2) is 29.5 Å². The summed E-state index contributed by atoms with van der Waals surface area (Å²) in [6.07, 6.45) is 14.8. The molecule has 4 nitrogen and oxygen atoms in total. The Kier molecular flexibility index (Phi) is 5.55. The quantitative estimate of drug-likeness (QED) is 0.874. The van der Waals surface area contributed by atoms with Crippen LogP contribution in [0.3, 0.4) is 0 Å². The summed E-state index contributed by atoms with van der Waals surface area (Å²) in [4.78, 5) is 0. The Hall–Kier alpha value is -1.03. The van der Waals surface area contributed by atoms with Crippen LogP contribution in [0, 0.1) is 11.8 Å². The lowest BCUT2D eigenvalue weighted by molar-refractivity contribution is 0.215. The van der Waals surface area contributed by atoms with Crippen LogP contribution in [0.5, 0.6) is 5.75 Å². The van der Waals surface area contributed by atoms with Crippen molar-refractivity contribution in [3.63, 3.8) is 0 Å². The van der Waals surface area contributed by atoms with Gasteiger partial charge in [-0.2, -0.15) is 5.10 Å². The Bertz CT molecular complexity index is 369. The summed E-state index contributed by atoms with van der Waals surface area (Å²) >= 11 is 0. The van der Waals surface area contributed by atoms with Crippen LogP contribution in [0.4, 0.5) is 0 Å². The van der Waals surface area contributed by atoms with Gasteiger partial charge in [-0.1, -0.05) is 32.1 Å². The topological polar surface area (TPSA) is 39.1 Å². The fourth-order valence-corrected chi connectivity index (χ4v) is 3.59. The van der Waals surface area contributed by atoms with E-state index < -0.39 is 0 Å². The molecule has 21 heavy (non-hydrogen) atoms. The number of ether oxygens (including phenoxy) is 1. The lowest BCUT2D eigenvalue weighted by Gasteiger charge is -2.22. The maximum atomic E-state index is 5.91. The molecule has 4 heteroatoms. The number of hydrogen-bond acceptors (Lipinski definition) is 3. The standard InChI is InChI=1S/C17H29N3O/c1-2-4-15(5-3-1)8-11-20-13-17(12-19-20)21-14-16-6-9-18-10-7-16/h12-13,15-16,18H,1-11,14H2. The second kappa shape index (κ2) is 7.83. The number of nitrogens with zero attached hydrogens (tertiary/aromatic N) is 2. The SMILES string of the molecule is c1nn(CCC2CCCCC2)cc1OCC1CCNCC1. The molecule has 1 N–H and O–H groups in total. The van der Waals surface area contributed by atoms with Gasteiger partial charge in [-0.25, -0.2) is 0 Å². The third-order valence-electron chi connectivity index (χ3n) is 5.05. The number of aryl methyl sites for hydroxylation is 1. The van der Waals surface area contributed by atoms with Crippen molar-refractivity contribution in [1.29, 1.82) is 0 Å². The van der Waals surface area contributed by atoms with E-state index in [2.05, 4.69) is 21.3 Å². The first-order valence-corrected chi connectivity index (χ1v) is 8.76. The molecular weight excluding hydrogens is 262 g/mol. The smallest absolute Gasteiger partial charge is 0.157 e. The fraction of sp³-hybridized carbons (Fsp3) is 0.824. The van der Waals surface area contributed by atoms with Crippen molar-refractivity contribution in [2.45, 2.75) is 57.9 Å². The molecule has 3 rings (SSSR count). The molecule has 1 saturated heterocycles. The van der Waals surface area contributed by atoms with E-state index in [1.54, 1.807) is 0 Å². The third-order valence-corrected chi connectivity index (χ3v) is 5.05. The molecule has 0 aromatic carbocycles. The van der Waals surface area contributed by atoms with E-state index in [4.69, 9.17) is 4.74 Å². The van der Waals surface area contributed by atoms with Crippen molar-refractivity contribution < 1.29 is 4.74 Å². The molecule has 0 bridgehead atoms. The second-order valence-corrected chi connectivity index (χ2v) is 6.74. The molecule has 1 aromatic rings. The van der Waals surface area contributed by atoms with E-state index in [9.17, 15) is 0 Å². The molecule has 0 spiro atoms. The summed E-state index contributed by atoms with van der Waals surface area (Å²) in [6.45, 7) is 4.15. The molecule has 1 aromatic heterocycles. The van der Waals surface area contributed by atoms with Crippen LogP contribution in [0.15, 0.2) is 12.4 Å². The van der Waals surface area contributed by atoms with Gasteiger partial charge in [-0.05, 0) is 44.2 Å². The summed E-state index contributed by atoms with van der Waals surface area (Å²) in [6, 6.07) is 0. The summed E-state index contributed by atoms with van der Waals surface area (Å²) < 4.78 is 7.97. The van der Waals surface area contributed by atoms with Gasteiger partial charge in [-0.3, -0.25) is 4.68 Å². The fourth-order valence-electron chi connectivity index (χ4n) is 3.59. The number of hydrogen-bond donors (Lipinski definition) is 1. The molecule has 0 atom stereocenters. The van der Waals surface area contributed by atoms with Crippen LogP contribution in [-0.2, 0) is 6.54 Å². The highest BCUT2D eigenvalue weighted by atomic mass is 16.5. The number of nitrogens with one attached hydrogen (secondary N) is 1. The third kappa shape index (κ3) is 4.73. The van der Waals surface area contributed by atoms with Crippen molar-refractivity contribution in [2.75, 3.05) is 19.7 Å². The molecule has 0 radical (unpaired) electrons. The van der Waals surface area contributed by atoms with Crippen molar-refractivity contribution >= 4 is 0 Å². The van der Waals surface area contributed by atoms with Crippen LogP contribution in [0.1, 0.15) is 51.4 Å². The van der Waals surface area contributed by atoms with E-state index in [-0.39, 0.29) is 0 Å². The van der Waals surface area contributed by atoms with E-state index in [0.29, 0.717) is 5.92 Å². The molecule has 2 aliphatic rings. The van der Waals surface area contributed by atoms with Crippen LogP contribution in [0.2, 0.25) is 0 Å². The highest BCUT2D eigenvalue weighted by molar-refractivity contribution is 5.11. The molecule has 0 unspecified atom stereocenters. The number of rotatable bonds is 6. The van der Waals surface area contributed by atoms with Gasteiger partial charge in [0.1, 0.15) is 0 Å². The molecule has 1 aliphatic heterocycles. The largest absolute Gasteiger partial charge is 0.490 e. The summed E-state index contributed by atoms with van der Waals surface area (Å²) in [5, 5.41) is 7.84. The van der Waals surface area contributed by atoms with Gasteiger partial charge in [0.2, 0.25) is 0 Å². The predicted molar refractivity (Wildman–Crippen MR) is 84.5 cm³/mol. The Morgan fingerprint density at radius 1 is 1.10 bits per heavy atom. The highest BCUT2D eigenvalue weighted by Crippen LogP contribution is 2.26. The Balaban J connectivity index is 1.38. The highest BCUT2D eigenvalue weighted by Gasteiger charge is 2.15. The zero-order chi connectivity index (χ0) is 14.3. The maximum Gasteiger partial charge on any atom is 0.157 e. The minimum Gasteiger partial charge on any atom is -0.490 e. The van der Waals surface area contributed by atoms with Gasteiger partial charge in [0, 0.05) is 6.54 Å². The van der Waals surface area contributed by atoms with Gasteiger partial charge in [-0.15, -0.1) is 0 Å². The molecule has 1 saturated carbocycles. The Morgan fingerprint density at radius 2 is 1.90 bits per heavy atom. The monoisotopic (exact) mass is 291 g/mol. The van der Waals surface area contributed by atoms with Crippen molar-refractivity contribution in [2.24, 2.45) is 11.8 Å².